The number of alkyl carbamates (subject to hydrolysis) is 1. The topological polar surface area (TPSA) is 113 Å². The number of ether oxygens (including phenoxy) is 5. The highest BCUT2D eigenvalue weighted by Gasteiger charge is 2.65. The van der Waals surface area contributed by atoms with E-state index in [1.54, 1.807) is 44.2 Å². The van der Waals surface area contributed by atoms with Gasteiger partial charge in [0, 0.05) is 0 Å². The number of hydrogen-bond donors (Lipinski definition) is 2. The Kier molecular flexibility index (Phi) is 5.38. The summed E-state index contributed by atoms with van der Waals surface area (Å²) >= 11 is 0. The van der Waals surface area contributed by atoms with E-state index in [9.17, 15) is 14.7 Å². The van der Waals surface area contributed by atoms with E-state index < -0.39 is 48.5 Å². The second kappa shape index (κ2) is 7.43. The Balaban J connectivity index is 1.86. The normalized spacial score (nSPS) is 31.2. The Morgan fingerprint density at radius 3 is 2.56 bits per heavy atom. The molecule has 0 aromatic heterocycles. The fourth-order valence-corrected chi connectivity index (χ4v) is 3.30. The fraction of sp³-hybridized carbons (Fsp3) is 0.556. The number of aliphatic hydroxyl groups is 1. The molecule has 2 fully saturated rings. The van der Waals surface area contributed by atoms with Gasteiger partial charge in [-0.25, -0.2) is 9.59 Å². The van der Waals surface area contributed by atoms with Crippen LogP contribution in [0.5, 0.6) is 0 Å². The maximum absolute atomic E-state index is 12.4. The molecule has 27 heavy (non-hydrogen) atoms. The number of fused-ring (bicyclic) bond motifs is 1. The molecular weight excluding hydrogens is 358 g/mol. The van der Waals surface area contributed by atoms with Crippen LogP contribution in [0.3, 0.4) is 0 Å². The van der Waals surface area contributed by atoms with Crippen LogP contribution in [0.4, 0.5) is 4.79 Å². The minimum Gasteiger partial charge on any atom is -0.459 e. The molecule has 3 rings (SSSR count). The van der Waals surface area contributed by atoms with Crippen LogP contribution in [-0.2, 0) is 23.7 Å². The zero-order chi connectivity index (χ0) is 19.7. The second-order valence-corrected chi connectivity index (χ2v) is 6.83. The Hall–Kier alpha value is -2.20. The first-order valence-electron chi connectivity index (χ1n) is 8.51. The van der Waals surface area contributed by atoms with Crippen LogP contribution in [0.2, 0.25) is 0 Å². The molecule has 2 heterocycles. The van der Waals surface area contributed by atoms with Gasteiger partial charge in [-0.15, -0.1) is 0 Å². The average Bonchev–Trinajstić information content (AvgIpc) is 3.11. The van der Waals surface area contributed by atoms with Gasteiger partial charge in [0.2, 0.25) is 0 Å². The predicted molar refractivity (Wildman–Crippen MR) is 90.8 cm³/mol. The van der Waals surface area contributed by atoms with Crippen molar-refractivity contribution in [3.63, 3.8) is 0 Å². The van der Waals surface area contributed by atoms with Gasteiger partial charge in [-0.2, -0.15) is 0 Å². The van der Waals surface area contributed by atoms with Gasteiger partial charge in [-0.05, 0) is 26.0 Å². The number of nitrogens with one attached hydrogen (secondary N) is 1. The first-order chi connectivity index (χ1) is 12.8. The van der Waals surface area contributed by atoms with Crippen molar-refractivity contribution in [2.45, 2.75) is 43.7 Å². The molecule has 0 radical (unpaired) electrons. The van der Waals surface area contributed by atoms with Crippen molar-refractivity contribution in [1.82, 2.24) is 5.32 Å². The van der Waals surface area contributed by atoms with Crippen LogP contribution in [0, 0.1) is 0 Å². The molecule has 0 spiro atoms. The lowest BCUT2D eigenvalue weighted by Crippen LogP contribution is -2.65. The molecular formula is C18H23NO8. The summed E-state index contributed by atoms with van der Waals surface area (Å²) in [5.41, 5.74) is -1.03. The SMILES string of the molecule is COC(=O)N[C@@]1(COC(=O)c2ccccc2)[C@@H](CO)O[C@@H]2OC(C)(C)O[C@@H]21. The van der Waals surface area contributed by atoms with Gasteiger partial charge in [-0.1, -0.05) is 18.2 Å². The van der Waals surface area contributed by atoms with Gasteiger partial charge < -0.3 is 34.1 Å². The Morgan fingerprint density at radius 1 is 1.22 bits per heavy atom. The van der Waals surface area contributed by atoms with E-state index in [1.807, 2.05) is 0 Å². The molecule has 0 bridgehead atoms. The van der Waals surface area contributed by atoms with Crippen LogP contribution in [0.25, 0.3) is 0 Å². The number of benzene rings is 1. The summed E-state index contributed by atoms with van der Waals surface area (Å²) < 4.78 is 27.4. The first-order valence-corrected chi connectivity index (χ1v) is 8.51. The first kappa shape index (κ1) is 19.6. The summed E-state index contributed by atoms with van der Waals surface area (Å²) in [6.07, 6.45) is -3.36. The van der Waals surface area contributed by atoms with Gasteiger partial charge in [0.05, 0.1) is 19.3 Å². The molecule has 0 saturated carbocycles. The fourth-order valence-electron chi connectivity index (χ4n) is 3.30. The lowest BCUT2D eigenvalue weighted by atomic mass is 9.89. The van der Waals surface area contributed by atoms with E-state index in [2.05, 4.69) is 5.32 Å². The number of esters is 1. The molecule has 0 aliphatic carbocycles. The highest BCUT2D eigenvalue weighted by atomic mass is 16.8. The standard InChI is InChI=1S/C18H23NO8/c1-17(2)26-13-15(27-17)25-12(9-20)18(13,19-16(22)23-3)10-24-14(21)11-7-5-4-6-8-11/h4-8,12-13,15,20H,9-10H2,1-3H3,(H,19,22)/t12-,13+,15-,18+/m1/s1. The number of amides is 1. The molecule has 148 valence electrons. The molecule has 9 heteroatoms. The molecule has 1 aromatic carbocycles. The minimum absolute atomic E-state index is 0.304. The summed E-state index contributed by atoms with van der Waals surface area (Å²) in [6, 6.07) is 8.42. The number of carbonyl (C=O) groups is 2. The third-order valence-corrected chi connectivity index (χ3v) is 4.58. The zero-order valence-electron chi connectivity index (χ0n) is 15.3. The summed E-state index contributed by atoms with van der Waals surface area (Å²) in [5.74, 6) is -1.55. The predicted octanol–water partition coefficient (Wildman–Crippen LogP) is 0.807. The lowest BCUT2D eigenvalue weighted by Gasteiger charge is -2.37. The summed E-state index contributed by atoms with van der Waals surface area (Å²) in [5, 5.41) is 12.4. The van der Waals surface area contributed by atoms with E-state index in [0.717, 1.165) is 0 Å². The molecule has 1 amide bonds. The van der Waals surface area contributed by atoms with Gasteiger partial charge in [-0.3, -0.25) is 0 Å². The highest BCUT2D eigenvalue weighted by molar-refractivity contribution is 5.89. The van der Waals surface area contributed by atoms with E-state index in [4.69, 9.17) is 23.7 Å². The highest BCUT2D eigenvalue weighted by Crippen LogP contribution is 2.43. The number of rotatable bonds is 5. The van der Waals surface area contributed by atoms with E-state index >= 15 is 0 Å². The van der Waals surface area contributed by atoms with Crippen molar-refractivity contribution in [3.05, 3.63) is 35.9 Å². The third kappa shape index (κ3) is 3.77. The van der Waals surface area contributed by atoms with Gasteiger partial charge in [0.15, 0.2) is 12.1 Å². The maximum Gasteiger partial charge on any atom is 0.407 e. The second-order valence-electron chi connectivity index (χ2n) is 6.83. The van der Waals surface area contributed by atoms with E-state index in [0.29, 0.717) is 5.56 Å². The quantitative estimate of drug-likeness (QED) is 0.721. The van der Waals surface area contributed by atoms with E-state index in [-0.39, 0.29) is 6.61 Å². The third-order valence-electron chi connectivity index (χ3n) is 4.58. The average molecular weight is 381 g/mol. The Labute approximate surface area is 156 Å². The van der Waals surface area contributed by atoms with Crippen molar-refractivity contribution >= 4 is 12.1 Å². The van der Waals surface area contributed by atoms with Crippen molar-refractivity contribution in [2.75, 3.05) is 20.3 Å². The molecule has 0 unspecified atom stereocenters. The van der Waals surface area contributed by atoms with Crippen LogP contribution in [-0.4, -0.2) is 67.3 Å². The summed E-state index contributed by atoms with van der Waals surface area (Å²) in [4.78, 5) is 24.4. The van der Waals surface area contributed by atoms with Crippen molar-refractivity contribution in [2.24, 2.45) is 0 Å². The molecule has 2 aliphatic rings. The lowest BCUT2D eigenvalue weighted by molar-refractivity contribution is -0.218. The largest absolute Gasteiger partial charge is 0.459 e. The summed E-state index contributed by atoms with van der Waals surface area (Å²) in [7, 11) is 1.20. The smallest absolute Gasteiger partial charge is 0.407 e. The monoisotopic (exact) mass is 381 g/mol. The Bertz CT molecular complexity index is 694. The molecule has 2 saturated heterocycles. The number of aliphatic hydroxyl groups excluding tert-OH is 1. The number of methoxy groups -OCH3 is 1. The van der Waals surface area contributed by atoms with Gasteiger partial charge >= 0.3 is 12.1 Å². The van der Waals surface area contributed by atoms with Crippen LogP contribution in [0.1, 0.15) is 24.2 Å². The molecule has 4 atom stereocenters. The van der Waals surface area contributed by atoms with Crippen molar-refractivity contribution in [1.29, 1.82) is 0 Å². The van der Waals surface area contributed by atoms with Crippen molar-refractivity contribution in [3.8, 4) is 0 Å². The van der Waals surface area contributed by atoms with Crippen LogP contribution < -0.4 is 5.32 Å². The summed E-state index contributed by atoms with van der Waals surface area (Å²) in [6.45, 7) is 2.64. The molecule has 2 aliphatic heterocycles. The Morgan fingerprint density at radius 2 is 1.93 bits per heavy atom. The van der Waals surface area contributed by atoms with Crippen LogP contribution in [0.15, 0.2) is 30.3 Å². The number of carbonyl (C=O) groups excluding carboxylic acids is 2. The molecule has 2 N–H and O–H groups in total. The van der Waals surface area contributed by atoms with Gasteiger partial charge in [0.1, 0.15) is 24.4 Å². The minimum atomic E-state index is -1.38. The molecule has 9 nitrogen and oxygen atoms in total. The maximum atomic E-state index is 12.4. The van der Waals surface area contributed by atoms with E-state index in [1.165, 1.54) is 7.11 Å². The number of hydrogen-bond acceptors (Lipinski definition) is 8. The van der Waals surface area contributed by atoms with Crippen LogP contribution >= 0.6 is 0 Å². The molecule has 1 aromatic rings. The van der Waals surface area contributed by atoms with Gasteiger partial charge in [0.25, 0.3) is 0 Å². The van der Waals surface area contributed by atoms with Crippen molar-refractivity contribution < 1.29 is 38.4 Å². The zero-order valence-corrected chi connectivity index (χ0v) is 15.3.